The minimum Gasteiger partial charge on any atom is -0.497 e. The van der Waals surface area contributed by atoms with Crippen molar-refractivity contribution in [3.8, 4) is 5.75 Å². The van der Waals surface area contributed by atoms with E-state index >= 15 is 0 Å². The summed E-state index contributed by atoms with van der Waals surface area (Å²) in [5, 5.41) is 9.24. The summed E-state index contributed by atoms with van der Waals surface area (Å²) in [4.78, 5) is 11.1. The Balaban J connectivity index is 2.30. The van der Waals surface area contributed by atoms with Gasteiger partial charge in [0.2, 0.25) is 10.0 Å². The highest BCUT2D eigenvalue weighted by Crippen LogP contribution is 2.32. The Labute approximate surface area is 134 Å². The quantitative estimate of drug-likeness (QED) is 0.901. The maximum atomic E-state index is 12.7. The summed E-state index contributed by atoms with van der Waals surface area (Å²) in [6.07, 6.45) is 0.289. The van der Waals surface area contributed by atoms with Crippen LogP contribution in [0.4, 0.5) is 0 Å². The van der Waals surface area contributed by atoms with Crippen LogP contribution in [0, 0.1) is 11.8 Å². The van der Waals surface area contributed by atoms with Crippen molar-refractivity contribution in [2.75, 3.05) is 20.2 Å². The summed E-state index contributed by atoms with van der Waals surface area (Å²) in [6, 6.07) is 4.44. The number of piperidine rings is 1. The predicted octanol–water partition coefficient (Wildman–Crippen LogP) is 2.08. The van der Waals surface area contributed by atoms with E-state index in [4.69, 9.17) is 21.4 Å². The third kappa shape index (κ3) is 3.21. The number of rotatable bonds is 4. The number of benzene rings is 1. The molecule has 0 radical (unpaired) electrons. The van der Waals surface area contributed by atoms with Crippen molar-refractivity contribution in [3.63, 3.8) is 0 Å². The number of carboxylic acids is 1. The number of ether oxygens (including phenoxy) is 1. The molecule has 1 N–H and O–H groups in total. The van der Waals surface area contributed by atoms with Crippen molar-refractivity contribution in [3.05, 3.63) is 23.2 Å². The standard InChI is InChI=1S/C14H18ClNO5S/c1-9-8-16(6-5-11(9)14(17)18)22(19,20)13-7-10(21-2)3-4-12(13)15/h3-4,7,9,11H,5-6,8H2,1-2H3,(H,17,18). The largest absolute Gasteiger partial charge is 0.497 e. The summed E-state index contributed by atoms with van der Waals surface area (Å²) in [7, 11) is -2.33. The minimum atomic E-state index is -3.78. The third-order valence-electron chi connectivity index (χ3n) is 3.94. The van der Waals surface area contributed by atoms with Gasteiger partial charge in [-0.2, -0.15) is 4.31 Å². The molecule has 0 aliphatic carbocycles. The van der Waals surface area contributed by atoms with Crippen molar-refractivity contribution in [1.82, 2.24) is 4.31 Å². The molecule has 1 aromatic rings. The fourth-order valence-corrected chi connectivity index (χ4v) is 4.68. The molecule has 0 amide bonds. The first-order chi connectivity index (χ1) is 10.3. The average molecular weight is 348 g/mol. The van der Waals surface area contributed by atoms with Crippen LogP contribution in [0.5, 0.6) is 5.75 Å². The molecule has 122 valence electrons. The molecule has 8 heteroatoms. The van der Waals surface area contributed by atoms with Gasteiger partial charge in [0.1, 0.15) is 10.6 Å². The van der Waals surface area contributed by atoms with Gasteiger partial charge in [-0.1, -0.05) is 18.5 Å². The van der Waals surface area contributed by atoms with Crippen LogP contribution in [0.3, 0.4) is 0 Å². The average Bonchev–Trinajstić information content (AvgIpc) is 2.47. The van der Waals surface area contributed by atoms with E-state index in [1.54, 1.807) is 13.0 Å². The summed E-state index contributed by atoms with van der Waals surface area (Å²) in [5.74, 6) is -1.27. The molecule has 0 bridgehead atoms. The lowest BCUT2D eigenvalue weighted by Crippen LogP contribution is -2.44. The van der Waals surface area contributed by atoms with Gasteiger partial charge >= 0.3 is 5.97 Å². The van der Waals surface area contributed by atoms with Gasteiger partial charge in [0.05, 0.1) is 18.1 Å². The van der Waals surface area contributed by atoms with Gasteiger partial charge in [0.15, 0.2) is 0 Å². The minimum absolute atomic E-state index is 0.0190. The zero-order valence-electron chi connectivity index (χ0n) is 12.3. The van der Waals surface area contributed by atoms with Crippen molar-refractivity contribution in [1.29, 1.82) is 0 Å². The molecule has 1 aromatic carbocycles. The Hall–Kier alpha value is -1.31. The zero-order valence-corrected chi connectivity index (χ0v) is 13.9. The van der Waals surface area contributed by atoms with Crippen LogP contribution < -0.4 is 4.74 Å². The van der Waals surface area contributed by atoms with E-state index in [1.807, 2.05) is 0 Å². The highest BCUT2D eigenvalue weighted by atomic mass is 35.5. The Morgan fingerprint density at radius 2 is 2.14 bits per heavy atom. The van der Waals surface area contributed by atoms with E-state index in [9.17, 15) is 13.2 Å². The molecule has 2 rings (SSSR count). The van der Waals surface area contributed by atoms with E-state index in [1.165, 1.54) is 23.5 Å². The molecule has 1 aliphatic rings. The van der Waals surface area contributed by atoms with Gasteiger partial charge in [-0.3, -0.25) is 4.79 Å². The first-order valence-electron chi connectivity index (χ1n) is 6.84. The smallest absolute Gasteiger partial charge is 0.306 e. The highest BCUT2D eigenvalue weighted by Gasteiger charge is 2.37. The normalized spacial score (nSPS) is 23.2. The lowest BCUT2D eigenvalue weighted by atomic mass is 9.88. The number of aliphatic carboxylic acids is 1. The first kappa shape index (κ1) is 17.1. The molecule has 1 fully saturated rings. The van der Waals surface area contributed by atoms with Crippen LogP contribution >= 0.6 is 11.6 Å². The van der Waals surface area contributed by atoms with Crippen LogP contribution in [0.25, 0.3) is 0 Å². The number of halogens is 1. The van der Waals surface area contributed by atoms with E-state index in [0.29, 0.717) is 5.75 Å². The monoisotopic (exact) mass is 347 g/mol. The Morgan fingerprint density at radius 1 is 1.45 bits per heavy atom. The SMILES string of the molecule is COc1ccc(Cl)c(S(=O)(=O)N2CCC(C(=O)O)C(C)C2)c1. The number of hydrogen-bond acceptors (Lipinski definition) is 4. The van der Waals surface area contributed by atoms with E-state index in [2.05, 4.69) is 0 Å². The third-order valence-corrected chi connectivity index (χ3v) is 6.29. The second-order valence-corrected chi connectivity index (χ2v) is 7.68. The van der Waals surface area contributed by atoms with Crippen LogP contribution in [-0.4, -0.2) is 44.0 Å². The lowest BCUT2D eigenvalue weighted by Gasteiger charge is -2.34. The fourth-order valence-electron chi connectivity index (χ4n) is 2.64. The fraction of sp³-hybridized carbons (Fsp3) is 0.500. The van der Waals surface area contributed by atoms with Gasteiger partial charge < -0.3 is 9.84 Å². The van der Waals surface area contributed by atoms with Gasteiger partial charge in [-0.15, -0.1) is 0 Å². The summed E-state index contributed by atoms with van der Waals surface area (Å²) in [6.45, 7) is 2.07. The summed E-state index contributed by atoms with van der Waals surface area (Å²) < 4.78 is 31.8. The predicted molar refractivity (Wildman–Crippen MR) is 81.7 cm³/mol. The van der Waals surface area contributed by atoms with Gasteiger partial charge in [0, 0.05) is 19.2 Å². The summed E-state index contributed by atoms with van der Waals surface area (Å²) in [5.41, 5.74) is 0. The van der Waals surface area contributed by atoms with Crippen molar-refractivity contribution in [2.45, 2.75) is 18.2 Å². The van der Waals surface area contributed by atoms with E-state index in [0.717, 1.165) is 0 Å². The van der Waals surface area contributed by atoms with Gasteiger partial charge in [-0.25, -0.2) is 8.42 Å². The van der Waals surface area contributed by atoms with Crippen molar-refractivity contribution >= 4 is 27.6 Å². The second-order valence-electron chi connectivity index (χ2n) is 5.37. The molecule has 0 spiro atoms. The van der Waals surface area contributed by atoms with Gasteiger partial charge in [0.25, 0.3) is 0 Å². The Kier molecular flexibility index (Phi) is 4.99. The van der Waals surface area contributed by atoms with Crippen LogP contribution in [0.1, 0.15) is 13.3 Å². The number of carboxylic acid groups (broad SMARTS) is 1. The molecule has 1 saturated heterocycles. The molecule has 22 heavy (non-hydrogen) atoms. The van der Waals surface area contributed by atoms with Crippen LogP contribution in [-0.2, 0) is 14.8 Å². The van der Waals surface area contributed by atoms with E-state index < -0.39 is 21.9 Å². The molecular formula is C14H18ClNO5S. The van der Waals surface area contributed by atoms with Crippen molar-refractivity contribution < 1.29 is 23.1 Å². The Bertz CT molecular complexity index is 676. The molecule has 1 heterocycles. The number of sulfonamides is 1. The molecule has 1 aliphatic heterocycles. The molecule has 2 atom stereocenters. The van der Waals surface area contributed by atoms with Crippen LogP contribution in [0.2, 0.25) is 5.02 Å². The second kappa shape index (κ2) is 6.44. The Morgan fingerprint density at radius 3 is 2.68 bits per heavy atom. The molecule has 6 nitrogen and oxygen atoms in total. The number of nitrogens with zero attached hydrogens (tertiary/aromatic N) is 1. The highest BCUT2D eigenvalue weighted by molar-refractivity contribution is 7.89. The molecule has 0 saturated carbocycles. The van der Waals surface area contributed by atoms with Gasteiger partial charge in [-0.05, 0) is 24.5 Å². The number of hydrogen-bond donors (Lipinski definition) is 1. The van der Waals surface area contributed by atoms with Crippen molar-refractivity contribution in [2.24, 2.45) is 11.8 Å². The molecular weight excluding hydrogens is 330 g/mol. The topological polar surface area (TPSA) is 83.9 Å². The maximum Gasteiger partial charge on any atom is 0.306 e. The molecule has 2 unspecified atom stereocenters. The van der Waals surface area contributed by atoms with E-state index in [-0.39, 0.29) is 35.3 Å². The first-order valence-corrected chi connectivity index (χ1v) is 8.65. The van der Waals surface area contributed by atoms with Crippen LogP contribution in [0.15, 0.2) is 23.1 Å². The lowest BCUT2D eigenvalue weighted by molar-refractivity contribution is -0.144. The number of carbonyl (C=O) groups is 1. The number of methoxy groups -OCH3 is 1. The summed E-state index contributed by atoms with van der Waals surface area (Å²) >= 11 is 6.02. The molecule has 0 aromatic heterocycles. The zero-order chi connectivity index (χ0) is 16.5. The maximum absolute atomic E-state index is 12.7.